The van der Waals surface area contributed by atoms with Crippen LogP contribution < -0.4 is 4.74 Å². The minimum Gasteiger partial charge on any atom is -0.478 e. The number of carboxylic acids is 1. The molecule has 0 saturated carbocycles. The van der Waals surface area contributed by atoms with Crippen molar-refractivity contribution in [3.05, 3.63) is 65.0 Å². The number of ether oxygens (including phenoxy) is 1. The van der Waals surface area contributed by atoms with E-state index >= 15 is 0 Å². The highest BCUT2D eigenvalue weighted by Gasteiger charge is 2.09. The number of aryl methyl sites for hydroxylation is 2. The van der Waals surface area contributed by atoms with Gasteiger partial charge < -0.3 is 9.84 Å². The number of hydrogen-bond donors (Lipinski definition) is 1. The van der Waals surface area contributed by atoms with E-state index in [9.17, 15) is 9.18 Å². The zero-order valence-electron chi connectivity index (χ0n) is 11.8. The average Bonchev–Trinajstić information content (AvgIpc) is 2.42. The first-order chi connectivity index (χ1) is 9.97. The molecule has 0 aliphatic carbocycles. The smallest absolute Gasteiger partial charge is 0.328 e. The molecule has 4 heteroatoms. The first kappa shape index (κ1) is 14.8. The Balaban J connectivity index is 2.37. The molecule has 2 aromatic carbocycles. The van der Waals surface area contributed by atoms with Crippen LogP contribution in [0.5, 0.6) is 11.5 Å². The summed E-state index contributed by atoms with van der Waals surface area (Å²) < 4.78 is 19.5. The molecule has 0 amide bonds. The summed E-state index contributed by atoms with van der Waals surface area (Å²) in [7, 11) is 0. The second-order valence-electron chi connectivity index (χ2n) is 4.67. The minimum absolute atomic E-state index is 0.109. The summed E-state index contributed by atoms with van der Waals surface area (Å²) >= 11 is 0. The number of aliphatic carboxylic acids is 1. The molecule has 2 rings (SSSR count). The van der Waals surface area contributed by atoms with Gasteiger partial charge in [0.2, 0.25) is 0 Å². The Morgan fingerprint density at radius 1 is 1.19 bits per heavy atom. The predicted octanol–water partition coefficient (Wildman–Crippen LogP) is 4.33. The van der Waals surface area contributed by atoms with Crippen molar-refractivity contribution < 1.29 is 19.0 Å². The van der Waals surface area contributed by atoms with Crippen molar-refractivity contribution in [2.75, 3.05) is 0 Å². The summed E-state index contributed by atoms with van der Waals surface area (Å²) in [5, 5.41) is 8.66. The number of rotatable bonds is 4. The van der Waals surface area contributed by atoms with Gasteiger partial charge in [-0.05, 0) is 55.3 Å². The fourth-order valence-electron chi connectivity index (χ4n) is 1.83. The van der Waals surface area contributed by atoms with Crippen molar-refractivity contribution in [3.63, 3.8) is 0 Å². The molecule has 2 aromatic rings. The molecule has 0 atom stereocenters. The fourth-order valence-corrected chi connectivity index (χ4v) is 1.83. The standard InChI is InChI=1S/C17H15FO3/c1-11-6-7-13(10-12(11)2)21-16-5-3-4-15(18)14(16)8-9-17(19)20/h3-10H,1-2H3,(H,19,20)/b9-8+. The molecule has 0 radical (unpaired) electrons. The van der Waals surface area contributed by atoms with E-state index < -0.39 is 11.8 Å². The zero-order chi connectivity index (χ0) is 15.4. The van der Waals surface area contributed by atoms with Gasteiger partial charge in [0.05, 0.1) is 5.56 Å². The number of hydrogen-bond acceptors (Lipinski definition) is 2. The van der Waals surface area contributed by atoms with Crippen LogP contribution in [0.25, 0.3) is 6.08 Å². The Hall–Kier alpha value is -2.62. The van der Waals surface area contributed by atoms with Gasteiger partial charge in [-0.25, -0.2) is 9.18 Å². The van der Waals surface area contributed by atoms with Crippen molar-refractivity contribution in [1.82, 2.24) is 0 Å². The molecule has 3 nitrogen and oxygen atoms in total. The summed E-state index contributed by atoms with van der Waals surface area (Å²) in [4.78, 5) is 10.6. The summed E-state index contributed by atoms with van der Waals surface area (Å²) in [5.41, 5.74) is 2.30. The summed E-state index contributed by atoms with van der Waals surface area (Å²) in [6.45, 7) is 3.95. The molecule has 0 aliphatic heterocycles. The van der Waals surface area contributed by atoms with Crippen LogP contribution in [-0.4, -0.2) is 11.1 Å². The highest BCUT2D eigenvalue weighted by Crippen LogP contribution is 2.29. The Bertz CT molecular complexity index is 705. The highest BCUT2D eigenvalue weighted by molar-refractivity contribution is 5.86. The summed E-state index contributed by atoms with van der Waals surface area (Å²) in [5.74, 6) is -0.825. The second-order valence-corrected chi connectivity index (χ2v) is 4.67. The number of benzene rings is 2. The quantitative estimate of drug-likeness (QED) is 0.851. The van der Waals surface area contributed by atoms with E-state index in [4.69, 9.17) is 9.84 Å². The SMILES string of the molecule is Cc1ccc(Oc2cccc(F)c2/C=C/C(=O)O)cc1C. The van der Waals surface area contributed by atoms with Gasteiger partial charge in [0, 0.05) is 6.08 Å². The van der Waals surface area contributed by atoms with Gasteiger partial charge >= 0.3 is 5.97 Å². The minimum atomic E-state index is -1.14. The number of carboxylic acid groups (broad SMARTS) is 1. The molecular weight excluding hydrogens is 271 g/mol. The van der Waals surface area contributed by atoms with Gasteiger partial charge in [0.25, 0.3) is 0 Å². The number of halogens is 1. The maximum absolute atomic E-state index is 13.8. The predicted molar refractivity (Wildman–Crippen MR) is 79.1 cm³/mol. The van der Waals surface area contributed by atoms with E-state index in [-0.39, 0.29) is 11.3 Å². The van der Waals surface area contributed by atoms with E-state index in [1.807, 2.05) is 26.0 Å². The molecule has 0 fully saturated rings. The lowest BCUT2D eigenvalue weighted by Gasteiger charge is -2.11. The molecule has 108 valence electrons. The van der Waals surface area contributed by atoms with Crippen LogP contribution in [0.15, 0.2) is 42.5 Å². The van der Waals surface area contributed by atoms with Crippen molar-refractivity contribution in [1.29, 1.82) is 0 Å². The molecule has 0 unspecified atom stereocenters. The third-order valence-electron chi connectivity index (χ3n) is 3.11. The number of carbonyl (C=O) groups is 1. The fraction of sp³-hybridized carbons (Fsp3) is 0.118. The van der Waals surface area contributed by atoms with Crippen LogP contribution in [0, 0.1) is 19.7 Å². The van der Waals surface area contributed by atoms with Crippen molar-refractivity contribution >= 4 is 12.0 Å². The third-order valence-corrected chi connectivity index (χ3v) is 3.11. The lowest BCUT2D eigenvalue weighted by molar-refractivity contribution is -0.131. The maximum atomic E-state index is 13.8. The highest BCUT2D eigenvalue weighted by atomic mass is 19.1. The zero-order valence-corrected chi connectivity index (χ0v) is 11.8. The molecule has 0 heterocycles. The van der Waals surface area contributed by atoms with Gasteiger partial charge in [0.15, 0.2) is 0 Å². The normalized spacial score (nSPS) is 10.8. The van der Waals surface area contributed by atoms with Crippen LogP contribution >= 0.6 is 0 Å². The van der Waals surface area contributed by atoms with Crippen molar-refractivity contribution in [2.24, 2.45) is 0 Å². The Morgan fingerprint density at radius 2 is 1.95 bits per heavy atom. The van der Waals surface area contributed by atoms with Crippen molar-refractivity contribution in [3.8, 4) is 11.5 Å². The van der Waals surface area contributed by atoms with Gasteiger partial charge in [-0.15, -0.1) is 0 Å². The summed E-state index contributed by atoms with van der Waals surface area (Å²) in [6.07, 6.45) is 2.07. The van der Waals surface area contributed by atoms with E-state index in [1.54, 1.807) is 12.1 Å². The third kappa shape index (κ3) is 3.69. The van der Waals surface area contributed by atoms with E-state index in [0.29, 0.717) is 5.75 Å². The van der Waals surface area contributed by atoms with Crippen LogP contribution in [0.2, 0.25) is 0 Å². The van der Waals surface area contributed by atoms with Crippen LogP contribution in [0.4, 0.5) is 4.39 Å². The Labute approximate surface area is 122 Å². The van der Waals surface area contributed by atoms with Crippen molar-refractivity contribution in [2.45, 2.75) is 13.8 Å². The molecular formula is C17H15FO3. The monoisotopic (exact) mass is 286 g/mol. The van der Waals surface area contributed by atoms with Crippen LogP contribution in [-0.2, 0) is 4.79 Å². The van der Waals surface area contributed by atoms with E-state index in [0.717, 1.165) is 17.2 Å². The first-order valence-electron chi connectivity index (χ1n) is 6.42. The molecule has 0 aromatic heterocycles. The Morgan fingerprint density at radius 3 is 2.62 bits per heavy atom. The first-order valence-corrected chi connectivity index (χ1v) is 6.42. The lowest BCUT2D eigenvalue weighted by Crippen LogP contribution is -1.93. The average molecular weight is 286 g/mol. The van der Waals surface area contributed by atoms with Gasteiger partial charge in [-0.2, -0.15) is 0 Å². The Kier molecular flexibility index (Phi) is 4.38. The van der Waals surface area contributed by atoms with Gasteiger partial charge in [-0.3, -0.25) is 0 Å². The molecule has 1 N–H and O–H groups in total. The second kappa shape index (κ2) is 6.22. The molecule has 0 saturated heterocycles. The topological polar surface area (TPSA) is 46.5 Å². The molecule has 0 bridgehead atoms. The maximum Gasteiger partial charge on any atom is 0.328 e. The molecule has 0 aliphatic rings. The summed E-state index contributed by atoms with van der Waals surface area (Å²) in [6, 6.07) is 9.93. The van der Waals surface area contributed by atoms with E-state index in [2.05, 4.69) is 0 Å². The lowest BCUT2D eigenvalue weighted by atomic mass is 10.1. The largest absolute Gasteiger partial charge is 0.478 e. The molecule has 0 spiro atoms. The van der Waals surface area contributed by atoms with Crippen LogP contribution in [0.3, 0.4) is 0 Å². The molecule has 21 heavy (non-hydrogen) atoms. The van der Waals surface area contributed by atoms with E-state index in [1.165, 1.54) is 18.2 Å². The van der Waals surface area contributed by atoms with Gasteiger partial charge in [-0.1, -0.05) is 12.1 Å². The van der Waals surface area contributed by atoms with Crippen LogP contribution in [0.1, 0.15) is 16.7 Å². The van der Waals surface area contributed by atoms with Gasteiger partial charge in [0.1, 0.15) is 17.3 Å².